The van der Waals surface area contributed by atoms with E-state index in [1.54, 1.807) is 4.57 Å². The number of carbonyl (C=O) groups is 1. The molecule has 36 heavy (non-hydrogen) atoms. The van der Waals surface area contributed by atoms with Crippen molar-refractivity contribution in [2.75, 3.05) is 11.5 Å². The first-order valence-electron chi connectivity index (χ1n) is 13.7. The minimum Gasteiger partial charge on any atom is -0.353 e. The zero-order valence-corrected chi connectivity index (χ0v) is 21.5. The number of carbonyl (C=O) groups excluding carboxylic acids is 1. The van der Waals surface area contributed by atoms with Crippen LogP contribution in [-0.2, 0) is 4.79 Å². The van der Waals surface area contributed by atoms with Gasteiger partial charge in [-0.25, -0.2) is 14.2 Å². The minimum atomic E-state index is -0.572. The summed E-state index contributed by atoms with van der Waals surface area (Å²) in [5.41, 5.74) is -0.486. The van der Waals surface area contributed by atoms with E-state index >= 15 is 0 Å². The second-order valence-electron chi connectivity index (χ2n) is 11.4. The minimum absolute atomic E-state index is 0.0347. The highest BCUT2D eigenvalue weighted by Crippen LogP contribution is 2.49. The Morgan fingerprint density at radius 3 is 2.44 bits per heavy atom. The number of pyridine rings is 1. The largest absolute Gasteiger partial charge is 0.353 e. The van der Waals surface area contributed by atoms with Crippen molar-refractivity contribution in [1.82, 2.24) is 19.4 Å². The number of hydrogen-bond donors (Lipinski definition) is 1. The van der Waals surface area contributed by atoms with Crippen LogP contribution in [0, 0.1) is 23.6 Å². The van der Waals surface area contributed by atoms with E-state index in [0.29, 0.717) is 30.8 Å². The van der Waals surface area contributed by atoms with Crippen LogP contribution in [-0.4, -0.2) is 37.6 Å². The van der Waals surface area contributed by atoms with Crippen molar-refractivity contribution in [2.24, 2.45) is 17.8 Å². The summed E-state index contributed by atoms with van der Waals surface area (Å²) in [6.45, 7) is 0. The zero-order valence-electron chi connectivity index (χ0n) is 20.7. The molecule has 4 fully saturated rings. The number of thioether (sulfide) groups is 1. The van der Waals surface area contributed by atoms with E-state index < -0.39 is 11.4 Å². The molecule has 2 aromatic rings. The molecule has 1 saturated heterocycles. The third-order valence-corrected chi connectivity index (χ3v) is 10.3. The van der Waals surface area contributed by atoms with Crippen LogP contribution in [0.1, 0.15) is 82.7 Å². The van der Waals surface area contributed by atoms with Crippen LogP contribution in [0.15, 0.2) is 21.9 Å². The summed E-state index contributed by atoms with van der Waals surface area (Å²) in [7, 11) is 0. The Bertz CT molecular complexity index is 1260. The maximum Gasteiger partial charge on any atom is 0.333 e. The molecule has 0 spiro atoms. The molecule has 0 radical (unpaired) electrons. The molecule has 6 rings (SSSR count). The van der Waals surface area contributed by atoms with E-state index in [1.807, 2.05) is 11.8 Å². The Labute approximate surface area is 214 Å². The lowest BCUT2D eigenvalue weighted by Crippen LogP contribution is -2.46. The summed E-state index contributed by atoms with van der Waals surface area (Å²) < 4.78 is 17.1. The number of rotatable bonds is 5. The highest BCUT2D eigenvalue weighted by molar-refractivity contribution is 7.99. The van der Waals surface area contributed by atoms with Crippen LogP contribution < -0.4 is 16.6 Å². The molecule has 1 aliphatic heterocycles. The Morgan fingerprint density at radius 1 is 1.00 bits per heavy atom. The van der Waals surface area contributed by atoms with Gasteiger partial charge in [0.2, 0.25) is 5.91 Å². The first-order chi connectivity index (χ1) is 17.5. The van der Waals surface area contributed by atoms with E-state index in [2.05, 4.69) is 10.3 Å². The Balaban J connectivity index is 1.19. The van der Waals surface area contributed by atoms with Gasteiger partial charge in [-0.2, -0.15) is 11.8 Å². The molecule has 3 saturated carbocycles. The fraction of sp³-hybridized carbons (Fsp3) is 0.704. The van der Waals surface area contributed by atoms with Gasteiger partial charge in [-0.3, -0.25) is 18.7 Å². The van der Waals surface area contributed by atoms with Crippen LogP contribution in [0.25, 0.3) is 11.0 Å². The molecule has 3 atom stereocenters. The maximum absolute atomic E-state index is 14.1. The van der Waals surface area contributed by atoms with Crippen molar-refractivity contribution in [3.05, 3.63) is 38.9 Å². The molecule has 3 heterocycles. The van der Waals surface area contributed by atoms with E-state index in [0.717, 1.165) is 55.2 Å². The second-order valence-corrected chi connectivity index (χ2v) is 12.6. The molecule has 1 amide bonds. The third-order valence-electron chi connectivity index (χ3n) is 9.24. The van der Waals surface area contributed by atoms with Gasteiger partial charge in [-0.15, -0.1) is 0 Å². The number of amides is 1. The Hall–Kier alpha value is -2.16. The monoisotopic (exact) mass is 514 g/mol. The van der Waals surface area contributed by atoms with Crippen LogP contribution in [0.5, 0.6) is 0 Å². The van der Waals surface area contributed by atoms with Crippen LogP contribution in [0.4, 0.5) is 4.39 Å². The topological polar surface area (TPSA) is 86.0 Å². The summed E-state index contributed by atoms with van der Waals surface area (Å²) in [6, 6.07) is 1.02. The summed E-state index contributed by atoms with van der Waals surface area (Å²) in [5, 5.41) is 3.41. The smallest absolute Gasteiger partial charge is 0.333 e. The van der Waals surface area contributed by atoms with Crippen LogP contribution >= 0.6 is 11.8 Å². The molecule has 1 N–H and O–H groups in total. The number of nitrogens with one attached hydrogen (secondary N) is 1. The maximum atomic E-state index is 14.1. The molecular weight excluding hydrogens is 479 g/mol. The third kappa shape index (κ3) is 4.52. The van der Waals surface area contributed by atoms with Gasteiger partial charge in [0.15, 0.2) is 0 Å². The van der Waals surface area contributed by atoms with Crippen molar-refractivity contribution in [2.45, 2.75) is 88.8 Å². The zero-order chi connectivity index (χ0) is 24.8. The van der Waals surface area contributed by atoms with Gasteiger partial charge in [0.1, 0.15) is 11.5 Å². The first kappa shape index (κ1) is 24.2. The molecule has 4 aliphatic rings. The quantitative estimate of drug-likeness (QED) is 0.647. The van der Waals surface area contributed by atoms with Crippen LogP contribution in [0.2, 0.25) is 0 Å². The van der Waals surface area contributed by atoms with Gasteiger partial charge in [-0.1, -0.05) is 6.42 Å². The van der Waals surface area contributed by atoms with Crippen molar-refractivity contribution in [3.8, 4) is 0 Å². The van der Waals surface area contributed by atoms with Crippen molar-refractivity contribution in [3.63, 3.8) is 0 Å². The molecule has 7 nitrogen and oxygen atoms in total. The molecule has 2 bridgehead atoms. The fourth-order valence-corrected chi connectivity index (χ4v) is 8.51. The standard InChI is InChI=1S/C27H35FN4O3S/c28-19-14-23-25(29-15-19)31(22-7-9-36-10-8-22)27(35)32(26(23)34)21-5-3-20(4-6-21)30-24(33)13-18-12-16-1-2-17(18)11-16/h14-18,20-22H,1-13H2,(H,30,33)/t16-,17+,18?,20?,21?/m1/s1. The van der Waals surface area contributed by atoms with E-state index in [9.17, 15) is 18.8 Å². The average Bonchev–Trinajstić information content (AvgIpc) is 3.50. The lowest BCUT2D eigenvalue weighted by Gasteiger charge is -2.32. The van der Waals surface area contributed by atoms with Crippen molar-refractivity contribution < 1.29 is 9.18 Å². The number of aromatic nitrogens is 3. The normalized spacial score (nSPS) is 30.6. The number of fused-ring (bicyclic) bond motifs is 3. The molecule has 9 heteroatoms. The van der Waals surface area contributed by atoms with Gasteiger partial charge < -0.3 is 5.32 Å². The Kier molecular flexibility index (Phi) is 6.69. The van der Waals surface area contributed by atoms with Gasteiger partial charge >= 0.3 is 5.69 Å². The van der Waals surface area contributed by atoms with E-state index in [1.165, 1.54) is 36.3 Å². The van der Waals surface area contributed by atoms with E-state index in [-0.39, 0.29) is 35.1 Å². The van der Waals surface area contributed by atoms with Gasteiger partial charge in [0.25, 0.3) is 5.56 Å². The van der Waals surface area contributed by atoms with Gasteiger partial charge in [0, 0.05) is 24.5 Å². The fourth-order valence-electron chi connectivity index (χ4n) is 7.43. The SMILES string of the molecule is O=C(CC1C[C@@H]2CC[C@H]1C2)NC1CCC(n2c(=O)c3cc(F)cnc3n(C3CCSCC3)c2=O)CC1. The highest BCUT2D eigenvalue weighted by atomic mass is 32.2. The second kappa shape index (κ2) is 9.95. The van der Waals surface area contributed by atoms with Gasteiger partial charge in [-0.05, 0) is 93.1 Å². The highest BCUT2D eigenvalue weighted by Gasteiger charge is 2.40. The number of hydrogen-bond acceptors (Lipinski definition) is 5. The lowest BCUT2D eigenvalue weighted by molar-refractivity contribution is -0.123. The van der Waals surface area contributed by atoms with Gasteiger partial charge in [0.05, 0.1) is 11.6 Å². The first-order valence-corrected chi connectivity index (χ1v) is 14.8. The molecule has 1 unspecified atom stereocenters. The molecule has 0 aromatic carbocycles. The summed E-state index contributed by atoms with van der Waals surface area (Å²) in [4.78, 5) is 44.1. The predicted molar refractivity (Wildman–Crippen MR) is 139 cm³/mol. The van der Waals surface area contributed by atoms with Crippen molar-refractivity contribution in [1.29, 1.82) is 0 Å². The molecule has 2 aromatic heterocycles. The summed E-state index contributed by atoms with van der Waals surface area (Å²) >= 11 is 1.86. The molecular formula is C27H35FN4O3S. The number of halogens is 1. The summed E-state index contributed by atoms with van der Waals surface area (Å²) in [6.07, 6.45) is 11.3. The number of nitrogens with zero attached hydrogens (tertiary/aromatic N) is 3. The predicted octanol–water partition coefficient (Wildman–Crippen LogP) is 4.19. The van der Waals surface area contributed by atoms with Crippen LogP contribution in [0.3, 0.4) is 0 Å². The average molecular weight is 515 g/mol. The summed E-state index contributed by atoms with van der Waals surface area (Å²) in [5.74, 6) is 3.60. The lowest BCUT2D eigenvalue weighted by atomic mass is 9.86. The molecule has 3 aliphatic carbocycles. The van der Waals surface area contributed by atoms with E-state index in [4.69, 9.17) is 0 Å². The Morgan fingerprint density at radius 2 is 1.75 bits per heavy atom. The molecule has 194 valence electrons. The van der Waals surface area contributed by atoms with Crippen molar-refractivity contribution >= 4 is 28.7 Å².